The molecule has 1 aromatic carbocycles. The van der Waals surface area contributed by atoms with Gasteiger partial charge in [-0.15, -0.1) is 0 Å². The summed E-state index contributed by atoms with van der Waals surface area (Å²) in [5, 5.41) is 2.71. The Labute approximate surface area is 171 Å². The number of rotatable bonds is 6. The minimum absolute atomic E-state index is 0.280. The third-order valence-corrected chi connectivity index (χ3v) is 4.66. The van der Waals surface area contributed by atoms with E-state index >= 15 is 0 Å². The monoisotopic (exact) mass is 397 g/mol. The van der Waals surface area contributed by atoms with Gasteiger partial charge in [0.15, 0.2) is 0 Å². The van der Waals surface area contributed by atoms with Crippen LogP contribution in [-0.2, 0) is 0 Å². The largest absolute Gasteiger partial charge is 0.497 e. The van der Waals surface area contributed by atoms with Gasteiger partial charge in [-0.25, -0.2) is 9.18 Å². The summed E-state index contributed by atoms with van der Waals surface area (Å²) in [6, 6.07) is 7.37. The summed E-state index contributed by atoms with van der Waals surface area (Å²) < 4.78 is 18.3. The van der Waals surface area contributed by atoms with Gasteiger partial charge in [0.2, 0.25) is 0 Å². The second-order valence-corrected chi connectivity index (χ2v) is 7.00. The molecule has 1 aliphatic heterocycles. The first-order chi connectivity index (χ1) is 13.7. The van der Waals surface area contributed by atoms with Crippen LogP contribution in [0, 0.1) is 0 Å². The number of allylic oxidation sites excluding steroid dienone is 4. The van der Waals surface area contributed by atoms with Crippen molar-refractivity contribution in [3.8, 4) is 5.75 Å². The van der Waals surface area contributed by atoms with Crippen molar-refractivity contribution in [1.82, 2.24) is 10.2 Å². The van der Waals surface area contributed by atoms with E-state index in [9.17, 15) is 9.18 Å². The molecule has 0 aromatic heterocycles. The van der Waals surface area contributed by atoms with E-state index in [1.165, 1.54) is 13.0 Å². The molecule has 154 valence electrons. The molecule has 0 fully saturated rings. The number of nitrogens with one attached hydrogen (secondary N) is 1. The molecule has 5 nitrogen and oxygen atoms in total. The van der Waals surface area contributed by atoms with Gasteiger partial charge in [0.1, 0.15) is 5.75 Å². The highest BCUT2D eigenvalue weighted by molar-refractivity contribution is 5.78. The maximum absolute atomic E-state index is 13.1. The molecule has 0 unspecified atom stereocenters. The minimum Gasteiger partial charge on any atom is -0.497 e. The number of nitrogens with zero attached hydrogens (tertiary/aromatic N) is 1. The maximum Gasteiger partial charge on any atom is 0.322 e. The molecule has 6 heteroatoms. The van der Waals surface area contributed by atoms with Gasteiger partial charge in [-0.3, -0.25) is 0 Å². The average molecular weight is 397 g/mol. The van der Waals surface area contributed by atoms with Crippen LogP contribution in [0.5, 0.6) is 5.75 Å². The lowest BCUT2D eigenvalue weighted by Gasteiger charge is -2.18. The highest BCUT2D eigenvalue weighted by Gasteiger charge is 2.23. The van der Waals surface area contributed by atoms with Gasteiger partial charge in [-0.2, -0.15) is 0 Å². The molecule has 2 rings (SSSR count). The highest BCUT2D eigenvalue weighted by Crippen LogP contribution is 2.21. The molecular formula is C23H28FN3O2. The molecule has 3 N–H and O–H groups in total. The van der Waals surface area contributed by atoms with E-state index in [4.69, 9.17) is 10.5 Å². The molecule has 1 heterocycles. The van der Waals surface area contributed by atoms with Crippen LogP contribution in [-0.4, -0.2) is 31.1 Å². The third-order valence-electron chi connectivity index (χ3n) is 4.66. The predicted octanol–water partition coefficient (Wildman–Crippen LogP) is 4.67. The lowest BCUT2D eigenvalue weighted by molar-refractivity contribution is 0.213. The summed E-state index contributed by atoms with van der Waals surface area (Å²) >= 11 is 0. The van der Waals surface area contributed by atoms with E-state index in [-0.39, 0.29) is 11.9 Å². The van der Waals surface area contributed by atoms with E-state index in [0.717, 1.165) is 28.0 Å². The standard InChI is InChI=1S/C23H28FN3O2/c1-15(19-7-9-21(29-5)10-8-19)6-11-22(25)18(4)26-23(28)27-13-16(2)20(14-27)12-17(3)24/h6-12H,4,13-14,25H2,1-3,5H3,(H,26,28)/b15-6+,17-12+,22-11+. The molecule has 0 saturated carbocycles. The molecule has 0 saturated heterocycles. The normalized spacial score (nSPS) is 15.6. The van der Waals surface area contributed by atoms with Gasteiger partial charge >= 0.3 is 6.03 Å². The molecule has 0 spiro atoms. The Morgan fingerprint density at radius 3 is 2.48 bits per heavy atom. The number of halogens is 1. The average Bonchev–Trinajstić information content (AvgIpc) is 3.05. The summed E-state index contributed by atoms with van der Waals surface area (Å²) in [4.78, 5) is 14.0. The van der Waals surface area contributed by atoms with Gasteiger partial charge in [-0.05, 0) is 67.3 Å². The molecule has 1 aromatic rings. The second kappa shape index (κ2) is 9.78. The van der Waals surface area contributed by atoms with Crippen LogP contribution in [0.15, 0.2) is 77.4 Å². The molecule has 2 amide bonds. The number of ether oxygens (including phenoxy) is 1. The third kappa shape index (κ3) is 6.10. The second-order valence-electron chi connectivity index (χ2n) is 7.00. The number of methoxy groups -OCH3 is 1. The molecular weight excluding hydrogens is 369 g/mol. The first-order valence-corrected chi connectivity index (χ1v) is 9.27. The van der Waals surface area contributed by atoms with Gasteiger partial charge in [-0.1, -0.05) is 24.8 Å². The zero-order valence-corrected chi connectivity index (χ0v) is 17.4. The number of benzene rings is 1. The minimum atomic E-state index is -0.318. The summed E-state index contributed by atoms with van der Waals surface area (Å²) in [5.74, 6) is 0.511. The van der Waals surface area contributed by atoms with Crippen molar-refractivity contribution < 1.29 is 13.9 Å². The van der Waals surface area contributed by atoms with Crippen molar-refractivity contribution in [2.45, 2.75) is 20.8 Å². The van der Waals surface area contributed by atoms with Crippen LogP contribution in [0.3, 0.4) is 0 Å². The van der Waals surface area contributed by atoms with Crippen LogP contribution in [0.25, 0.3) is 5.57 Å². The number of hydrogen-bond donors (Lipinski definition) is 2. The lowest BCUT2D eigenvalue weighted by atomic mass is 10.1. The van der Waals surface area contributed by atoms with E-state index in [2.05, 4.69) is 11.9 Å². The van der Waals surface area contributed by atoms with Gasteiger partial charge < -0.3 is 20.7 Å². The SMILES string of the molecule is C=C(NC(=O)N1CC(C)=C(/C=C(\C)F)C1)/C(N)=C\C=C(/C)c1ccc(OC)cc1. The Balaban J connectivity index is 1.97. The van der Waals surface area contributed by atoms with Crippen LogP contribution in [0.1, 0.15) is 26.3 Å². The van der Waals surface area contributed by atoms with Crippen LogP contribution >= 0.6 is 0 Å². The highest BCUT2D eigenvalue weighted by atomic mass is 19.1. The summed E-state index contributed by atoms with van der Waals surface area (Å²) in [5.41, 5.74) is 10.5. The summed E-state index contributed by atoms with van der Waals surface area (Å²) in [6.45, 7) is 9.88. The first-order valence-electron chi connectivity index (χ1n) is 9.27. The van der Waals surface area contributed by atoms with Crippen LogP contribution < -0.4 is 15.8 Å². The Morgan fingerprint density at radius 2 is 1.90 bits per heavy atom. The van der Waals surface area contributed by atoms with Crippen molar-refractivity contribution in [3.05, 3.63) is 83.0 Å². The van der Waals surface area contributed by atoms with Gasteiger partial charge in [0, 0.05) is 13.1 Å². The Morgan fingerprint density at radius 1 is 1.24 bits per heavy atom. The lowest BCUT2D eigenvalue weighted by Crippen LogP contribution is -2.39. The zero-order valence-electron chi connectivity index (χ0n) is 17.4. The van der Waals surface area contributed by atoms with Crippen molar-refractivity contribution in [3.63, 3.8) is 0 Å². The van der Waals surface area contributed by atoms with Crippen molar-refractivity contribution in [2.75, 3.05) is 20.2 Å². The van der Waals surface area contributed by atoms with Crippen LogP contribution in [0.2, 0.25) is 0 Å². The maximum atomic E-state index is 13.1. The smallest absolute Gasteiger partial charge is 0.322 e. The molecule has 1 aliphatic rings. The van der Waals surface area contributed by atoms with Gasteiger partial charge in [0.25, 0.3) is 0 Å². The molecule has 29 heavy (non-hydrogen) atoms. The Hall–Kier alpha value is -3.28. The quantitative estimate of drug-likeness (QED) is 0.686. The number of carbonyl (C=O) groups excluding carboxylic acids is 1. The van der Waals surface area contributed by atoms with Crippen molar-refractivity contribution in [2.24, 2.45) is 5.73 Å². The Kier molecular flexibility index (Phi) is 7.42. The number of amides is 2. The van der Waals surface area contributed by atoms with Crippen molar-refractivity contribution in [1.29, 1.82) is 0 Å². The van der Waals surface area contributed by atoms with E-state index in [1.54, 1.807) is 18.1 Å². The Bertz CT molecular complexity index is 905. The number of urea groups is 1. The fourth-order valence-corrected chi connectivity index (χ4v) is 2.88. The molecule has 0 atom stereocenters. The molecule has 0 aliphatic carbocycles. The zero-order chi connectivity index (χ0) is 21.6. The molecule has 0 radical (unpaired) electrons. The number of carbonyl (C=O) groups is 1. The van der Waals surface area contributed by atoms with Crippen LogP contribution in [0.4, 0.5) is 9.18 Å². The summed E-state index contributed by atoms with van der Waals surface area (Å²) in [6.07, 6.45) is 5.03. The fraction of sp³-hybridized carbons (Fsp3) is 0.261. The summed E-state index contributed by atoms with van der Waals surface area (Å²) in [7, 11) is 1.63. The number of nitrogens with two attached hydrogens (primary N) is 1. The van der Waals surface area contributed by atoms with E-state index in [1.807, 2.05) is 44.2 Å². The van der Waals surface area contributed by atoms with Gasteiger partial charge in [0.05, 0.1) is 24.3 Å². The number of hydrogen-bond acceptors (Lipinski definition) is 3. The fourth-order valence-electron chi connectivity index (χ4n) is 2.88. The predicted molar refractivity (Wildman–Crippen MR) is 116 cm³/mol. The van der Waals surface area contributed by atoms with E-state index in [0.29, 0.717) is 24.5 Å². The van der Waals surface area contributed by atoms with E-state index < -0.39 is 0 Å². The van der Waals surface area contributed by atoms with Crippen molar-refractivity contribution >= 4 is 11.6 Å². The molecule has 0 bridgehead atoms. The first kappa shape index (κ1) is 22.0. The topological polar surface area (TPSA) is 67.6 Å².